The van der Waals surface area contributed by atoms with Crippen molar-refractivity contribution in [2.75, 3.05) is 6.54 Å². The summed E-state index contributed by atoms with van der Waals surface area (Å²) in [4.78, 5) is 11.7. The normalized spacial score (nSPS) is 11.6. The topological polar surface area (TPSA) is 75.3 Å². The van der Waals surface area contributed by atoms with Gasteiger partial charge in [-0.3, -0.25) is 4.79 Å². The van der Waals surface area contributed by atoms with Crippen LogP contribution in [0, 0.1) is 5.82 Å². The molecule has 0 atom stereocenters. The SMILES string of the molecule is O=C(CCNS(=O)(=O)/C=C\c1ccccc1)NCc1ccccc1F. The van der Waals surface area contributed by atoms with E-state index in [9.17, 15) is 17.6 Å². The highest BCUT2D eigenvalue weighted by Gasteiger charge is 2.08. The lowest BCUT2D eigenvalue weighted by molar-refractivity contribution is -0.121. The zero-order valence-electron chi connectivity index (χ0n) is 13.5. The van der Waals surface area contributed by atoms with E-state index in [1.807, 2.05) is 6.07 Å². The van der Waals surface area contributed by atoms with E-state index >= 15 is 0 Å². The van der Waals surface area contributed by atoms with Gasteiger partial charge in [-0.15, -0.1) is 0 Å². The molecule has 2 aromatic carbocycles. The molecule has 7 heteroatoms. The molecule has 0 spiro atoms. The highest BCUT2D eigenvalue weighted by atomic mass is 32.2. The van der Waals surface area contributed by atoms with E-state index in [0.29, 0.717) is 5.56 Å². The van der Waals surface area contributed by atoms with Gasteiger partial charge < -0.3 is 5.32 Å². The number of amides is 1. The second kappa shape index (κ2) is 9.10. The summed E-state index contributed by atoms with van der Waals surface area (Å²) < 4.78 is 39.4. The van der Waals surface area contributed by atoms with E-state index < -0.39 is 15.8 Å². The molecule has 0 saturated heterocycles. The summed E-state index contributed by atoms with van der Waals surface area (Å²) in [6, 6.07) is 15.1. The van der Waals surface area contributed by atoms with Crippen molar-refractivity contribution < 1.29 is 17.6 Å². The van der Waals surface area contributed by atoms with Crippen LogP contribution < -0.4 is 10.0 Å². The fourth-order valence-corrected chi connectivity index (χ4v) is 2.83. The van der Waals surface area contributed by atoms with Crippen LogP contribution in [0.5, 0.6) is 0 Å². The maximum atomic E-state index is 13.4. The van der Waals surface area contributed by atoms with Gasteiger partial charge in [0, 0.05) is 30.5 Å². The van der Waals surface area contributed by atoms with Crippen LogP contribution in [0.25, 0.3) is 6.08 Å². The lowest BCUT2D eigenvalue weighted by atomic mass is 10.2. The Morgan fingerprint density at radius 1 is 1.04 bits per heavy atom. The Balaban J connectivity index is 1.74. The van der Waals surface area contributed by atoms with Crippen molar-refractivity contribution in [1.29, 1.82) is 0 Å². The molecule has 0 bridgehead atoms. The summed E-state index contributed by atoms with van der Waals surface area (Å²) in [6.07, 6.45) is 1.44. The smallest absolute Gasteiger partial charge is 0.233 e. The van der Waals surface area contributed by atoms with Crippen LogP contribution in [0.3, 0.4) is 0 Å². The molecule has 2 aromatic rings. The molecule has 25 heavy (non-hydrogen) atoms. The molecular weight excluding hydrogens is 343 g/mol. The van der Waals surface area contributed by atoms with Crippen LogP contribution in [-0.2, 0) is 21.4 Å². The van der Waals surface area contributed by atoms with Crippen molar-refractivity contribution in [3.63, 3.8) is 0 Å². The van der Waals surface area contributed by atoms with E-state index in [1.54, 1.807) is 42.5 Å². The number of halogens is 1. The predicted molar refractivity (Wildman–Crippen MR) is 95.3 cm³/mol. The van der Waals surface area contributed by atoms with E-state index in [-0.39, 0.29) is 25.4 Å². The average molecular weight is 362 g/mol. The highest BCUT2D eigenvalue weighted by molar-refractivity contribution is 7.92. The quantitative estimate of drug-likeness (QED) is 0.757. The summed E-state index contributed by atoms with van der Waals surface area (Å²) in [5.41, 5.74) is 1.14. The van der Waals surface area contributed by atoms with Crippen molar-refractivity contribution in [3.8, 4) is 0 Å². The maximum absolute atomic E-state index is 13.4. The van der Waals surface area contributed by atoms with Gasteiger partial charge in [-0.05, 0) is 17.7 Å². The number of nitrogens with one attached hydrogen (secondary N) is 2. The first-order valence-corrected chi connectivity index (χ1v) is 9.24. The standard InChI is InChI=1S/C18H19FN2O3S/c19-17-9-5-4-8-16(17)14-20-18(22)10-12-21-25(23,24)13-11-15-6-2-1-3-7-15/h1-9,11,13,21H,10,12,14H2,(H,20,22)/b13-11-. The Bertz CT molecular complexity index is 836. The molecule has 0 aliphatic heterocycles. The Morgan fingerprint density at radius 2 is 1.72 bits per heavy atom. The largest absolute Gasteiger partial charge is 0.352 e. The Labute approximate surface area is 146 Å². The fourth-order valence-electron chi connectivity index (χ4n) is 2.01. The van der Waals surface area contributed by atoms with Crippen molar-refractivity contribution in [2.45, 2.75) is 13.0 Å². The van der Waals surface area contributed by atoms with Gasteiger partial charge in [0.1, 0.15) is 5.82 Å². The summed E-state index contributed by atoms with van der Waals surface area (Å²) in [5.74, 6) is -0.757. The van der Waals surface area contributed by atoms with E-state index in [2.05, 4.69) is 10.0 Å². The molecule has 0 fully saturated rings. The Morgan fingerprint density at radius 3 is 2.44 bits per heavy atom. The van der Waals surface area contributed by atoms with Gasteiger partial charge in [0.05, 0.1) is 0 Å². The van der Waals surface area contributed by atoms with E-state index in [1.165, 1.54) is 12.1 Å². The Hall–Kier alpha value is -2.51. The molecule has 1 amide bonds. The van der Waals surface area contributed by atoms with Crippen LogP contribution in [-0.4, -0.2) is 20.9 Å². The zero-order valence-corrected chi connectivity index (χ0v) is 14.3. The van der Waals surface area contributed by atoms with Gasteiger partial charge in [-0.25, -0.2) is 17.5 Å². The minimum Gasteiger partial charge on any atom is -0.352 e. The highest BCUT2D eigenvalue weighted by Crippen LogP contribution is 2.05. The third-order valence-electron chi connectivity index (χ3n) is 3.33. The van der Waals surface area contributed by atoms with Crippen LogP contribution >= 0.6 is 0 Å². The molecule has 2 N–H and O–H groups in total. The number of hydrogen-bond acceptors (Lipinski definition) is 3. The maximum Gasteiger partial charge on any atom is 0.233 e. The van der Waals surface area contributed by atoms with Gasteiger partial charge in [-0.1, -0.05) is 48.5 Å². The van der Waals surface area contributed by atoms with E-state index in [4.69, 9.17) is 0 Å². The first-order valence-electron chi connectivity index (χ1n) is 7.69. The minimum atomic E-state index is -3.62. The minimum absolute atomic E-state index is 0.0349. The molecule has 0 aliphatic carbocycles. The molecule has 132 valence electrons. The summed E-state index contributed by atoms with van der Waals surface area (Å²) in [5, 5.41) is 3.61. The monoisotopic (exact) mass is 362 g/mol. The Kier molecular flexibility index (Phi) is 6.85. The number of carbonyl (C=O) groups excluding carboxylic acids is 1. The number of carbonyl (C=O) groups is 1. The molecule has 0 aromatic heterocycles. The average Bonchev–Trinajstić information content (AvgIpc) is 2.60. The second-order valence-corrected chi connectivity index (χ2v) is 6.92. The van der Waals surface area contributed by atoms with Crippen molar-refractivity contribution >= 4 is 22.0 Å². The van der Waals surface area contributed by atoms with Crippen LogP contribution in [0.2, 0.25) is 0 Å². The van der Waals surface area contributed by atoms with E-state index in [0.717, 1.165) is 11.0 Å². The molecule has 2 rings (SSSR count). The van der Waals surface area contributed by atoms with Gasteiger partial charge in [0.2, 0.25) is 15.9 Å². The van der Waals surface area contributed by atoms with Crippen LogP contribution in [0.1, 0.15) is 17.5 Å². The molecule has 0 aliphatic rings. The second-order valence-electron chi connectivity index (χ2n) is 5.27. The van der Waals surface area contributed by atoms with Gasteiger partial charge in [-0.2, -0.15) is 0 Å². The first kappa shape index (κ1) is 18.8. The zero-order chi connectivity index (χ0) is 18.1. The lowest BCUT2D eigenvalue weighted by Gasteiger charge is -2.06. The molecule has 0 heterocycles. The molecular formula is C18H19FN2O3S. The molecule has 0 radical (unpaired) electrons. The van der Waals surface area contributed by atoms with Gasteiger partial charge in [0.15, 0.2) is 0 Å². The number of rotatable bonds is 8. The van der Waals surface area contributed by atoms with Crippen molar-refractivity contribution in [2.24, 2.45) is 0 Å². The molecule has 5 nitrogen and oxygen atoms in total. The third kappa shape index (κ3) is 6.86. The first-order chi connectivity index (χ1) is 12.0. The van der Waals surface area contributed by atoms with Crippen molar-refractivity contribution in [1.82, 2.24) is 10.0 Å². The van der Waals surface area contributed by atoms with Gasteiger partial charge >= 0.3 is 0 Å². The summed E-state index contributed by atoms with van der Waals surface area (Å²) >= 11 is 0. The molecule has 0 saturated carbocycles. The third-order valence-corrected chi connectivity index (χ3v) is 4.43. The predicted octanol–water partition coefficient (Wildman–Crippen LogP) is 2.42. The lowest BCUT2D eigenvalue weighted by Crippen LogP contribution is -2.29. The van der Waals surface area contributed by atoms with Crippen LogP contribution in [0.15, 0.2) is 60.0 Å². The van der Waals surface area contributed by atoms with Crippen molar-refractivity contribution in [3.05, 3.63) is 76.9 Å². The summed E-state index contributed by atoms with van der Waals surface area (Å²) in [6.45, 7) is 0.0245. The van der Waals surface area contributed by atoms with Gasteiger partial charge in [0.25, 0.3) is 0 Å². The molecule has 0 unspecified atom stereocenters. The summed E-state index contributed by atoms with van der Waals surface area (Å²) in [7, 11) is -3.62. The van der Waals surface area contributed by atoms with Crippen LogP contribution in [0.4, 0.5) is 4.39 Å². The number of sulfonamides is 1. The number of hydrogen-bond donors (Lipinski definition) is 2. The number of benzene rings is 2. The fraction of sp³-hybridized carbons (Fsp3) is 0.167.